The molecule has 0 fully saturated rings. The Morgan fingerprint density at radius 2 is 1.20 bits per heavy atom. The zero-order chi connectivity index (χ0) is 23.2. The molecule has 3 unspecified atom stereocenters. The minimum atomic E-state index is -1.43. The van der Waals surface area contributed by atoms with Gasteiger partial charge in [-0.25, -0.2) is 9.59 Å². The number of carbonyl (C=O) groups is 3. The summed E-state index contributed by atoms with van der Waals surface area (Å²) in [5.41, 5.74) is 0. The predicted molar refractivity (Wildman–Crippen MR) is 115 cm³/mol. The van der Waals surface area contributed by atoms with Gasteiger partial charge < -0.3 is 20.1 Å². The number of carboxylic acids is 3. The maximum Gasteiger partial charge on any atom is 0.362 e. The first-order valence-corrected chi connectivity index (χ1v) is 11.3. The maximum atomic E-state index is 11.7. The van der Waals surface area contributed by atoms with Crippen molar-refractivity contribution in [1.82, 2.24) is 0 Å². The number of aliphatic carboxylic acids is 3. The molecule has 0 saturated carbocycles. The normalized spacial score (nSPS) is 16.7. The third kappa shape index (κ3) is 8.86. The van der Waals surface area contributed by atoms with E-state index < -0.39 is 40.5 Å². The maximum absolute atomic E-state index is 11.7. The lowest BCUT2D eigenvalue weighted by Crippen LogP contribution is -2.72. The highest BCUT2D eigenvalue weighted by molar-refractivity contribution is 5.76. The number of unbranched alkanes of at least 4 members (excludes halogenated alkanes) is 8. The summed E-state index contributed by atoms with van der Waals surface area (Å²) in [5.74, 6) is -3.85. The van der Waals surface area contributed by atoms with Crippen LogP contribution in [0.3, 0.4) is 0 Å². The number of nitrogens with zero attached hydrogens (tertiary/aromatic N) is 1. The Morgan fingerprint density at radius 1 is 0.767 bits per heavy atom. The molecule has 0 aliphatic carbocycles. The Bertz CT molecular complexity index is 510. The summed E-state index contributed by atoms with van der Waals surface area (Å²) in [6, 6.07) is -3.58. The summed E-state index contributed by atoms with van der Waals surface area (Å²) >= 11 is 0. The van der Waals surface area contributed by atoms with E-state index in [1.807, 2.05) is 0 Å². The number of hydrogen-bond donors (Lipinski definition) is 2. The van der Waals surface area contributed by atoms with Crippen molar-refractivity contribution in [2.24, 2.45) is 0 Å². The molecule has 0 amide bonds. The molecule has 30 heavy (non-hydrogen) atoms. The molecule has 0 bridgehead atoms. The van der Waals surface area contributed by atoms with Crippen molar-refractivity contribution in [3.63, 3.8) is 0 Å². The average molecular weight is 428 g/mol. The second-order valence-corrected chi connectivity index (χ2v) is 8.27. The van der Waals surface area contributed by atoms with Crippen LogP contribution in [0.5, 0.6) is 0 Å². The number of carboxylic acid groups (broad SMARTS) is 3. The summed E-state index contributed by atoms with van der Waals surface area (Å²) in [6.45, 7) is 6.47. The van der Waals surface area contributed by atoms with Crippen molar-refractivity contribution in [3.8, 4) is 0 Å². The molecule has 2 N–H and O–H groups in total. The number of rotatable bonds is 18. The van der Waals surface area contributed by atoms with Crippen molar-refractivity contribution in [3.05, 3.63) is 12.2 Å². The van der Waals surface area contributed by atoms with E-state index in [0.29, 0.717) is 6.42 Å². The second-order valence-electron chi connectivity index (χ2n) is 8.27. The first-order chi connectivity index (χ1) is 14.1. The Hall–Kier alpha value is -1.89. The quantitative estimate of drug-likeness (QED) is 0.197. The highest BCUT2D eigenvalue weighted by Crippen LogP contribution is 2.27. The van der Waals surface area contributed by atoms with E-state index in [1.54, 1.807) is 0 Å². The third-order valence-corrected chi connectivity index (χ3v) is 6.28. The second kappa shape index (κ2) is 15.0. The van der Waals surface area contributed by atoms with Crippen molar-refractivity contribution in [1.29, 1.82) is 0 Å². The van der Waals surface area contributed by atoms with E-state index in [-0.39, 0.29) is 6.54 Å². The van der Waals surface area contributed by atoms with Crippen LogP contribution >= 0.6 is 0 Å². The van der Waals surface area contributed by atoms with Crippen LogP contribution in [0.2, 0.25) is 0 Å². The van der Waals surface area contributed by atoms with Gasteiger partial charge >= 0.3 is 11.9 Å². The van der Waals surface area contributed by atoms with Crippen LogP contribution in [-0.2, 0) is 14.4 Å². The highest BCUT2D eigenvalue weighted by Gasteiger charge is 2.50. The van der Waals surface area contributed by atoms with Gasteiger partial charge in [-0.1, -0.05) is 44.8 Å². The van der Waals surface area contributed by atoms with Crippen LogP contribution in [0, 0.1) is 0 Å². The van der Waals surface area contributed by atoms with E-state index in [1.165, 1.54) is 52.9 Å². The predicted octanol–water partition coefficient (Wildman–Crippen LogP) is 3.36. The SMILES string of the molecule is CCCCCCC/C=C/CCCCC[N+](C(C)C(=O)[O-])(C(C)C(=O)O)C(C)C(=O)O. The van der Waals surface area contributed by atoms with Gasteiger partial charge in [0.2, 0.25) is 0 Å². The summed E-state index contributed by atoms with van der Waals surface area (Å²) in [7, 11) is 0. The summed E-state index contributed by atoms with van der Waals surface area (Å²) < 4.78 is -0.555. The number of quaternary nitrogens is 1. The molecule has 0 aromatic rings. The Labute approximate surface area is 181 Å². The van der Waals surface area contributed by atoms with Crippen LogP contribution < -0.4 is 5.11 Å². The molecular weight excluding hydrogens is 386 g/mol. The fourth-order valence-electron chi connectivity index (χ4n) is 4.12. The third-order valence-electron chi connectivity index (χ3n) is 6.28. The minimum absolute atomic E-state index is 0.164. The number of carbonyl (C=O) groups excluding carboxylic acids is 1. The molecule has 0 radical (unpaired) electrons. The van der Waals surface area contributed by atoms with Gasteiger partial charge in [0, 0.05) is 0 Å². The molecular formula is C23H41NO6. The lowest BCUT2D eigenvalue weighted by Gasteiger charge is -2.49. The summed E-state index contributed by atoms with van der Waals surface area (Å²) in [4.78, 5) is 35.0. The van der Waals surface area contributed by atoms with Gasteiger partial charge in [-0.15, -0.1) is 0 Å². The van der Waals surface area contributed by atoms with Crippen molar-refractivity contribution < 1.29 is 34.2 Å². The molecule has 0 aromatic carbocycles. The smallest absolute Gasteiger partial charge is 0.362 e. The van der Waals surface area contributed by atoms with Crippen LogP contribution in [-0.4, -0.2) is 57.3 Å². The van der Waals surface area contributed by atoms with E-state index in [9.17, 15) is 29.7 Å². The highest BCUT2D eigenvalue weighted by atomic mass is 16.4. The monoisotopic (exact) mass is 427 g/mol. The van der Waals surface area contributed by atoms with E-state index in [4.69, 9.17) is 0 Å². The van der Waals surface area contributed by atoms with Crippen LogP contribution in [0.1, 0.15) is 91.9 Å². The molecule has 0 spiro atoms. The number of allylic oxidation sites excluding steroid dienone is 2. The first kappa shape index (κ1) is 28.1. The van der Waals surface area contributed by atoms with Gasteiger partial charge in [0.15, 0.2) is 12.1 Å². The molecule has 0 saturated heterocycles. The van der Waals surface area contributed by atoms with E-state index in [0.717, 1.165) is 25.7 Å². The molecule has 0 rings (SSSR count). The standard InChI is InChI=1S/C23H41NO6/c1-5-6-7-8-9-10-11-12-13-14-15-16-17-24(18(2)21(25)26,19(3)22(27)28)20(4)23(29)30/h11-12,18-20H,5-10,13-17H2,1-4H3,(H2-,25,26,27,28,29,30)/b12-11+. The van der Waals surface area contributed by atoms with Crippen LogP contribution in [0.25, 0.3) is 0 Å². The molecule has 174 valence electrons. The van der Waals surface area contributed by atoms with Gasteiger partial charge in [-0.05, 0) is 59.3 Å². The van der Waals surface area contributed by atoms with Crippen molar-refractivity contribution in [2.75, 3.05) is 6.54 Å². The van der Waals surface area contributed by atoms with Crippen molar-refractivity contribution >= 4 is 17.9 Å². The largest absolute Gasteiger partial charge is 0.544 e. The molecule has 0 aliphatic rings. The van der Waals surface area contributed by atoms with Crippen molar-refractivity contribution in [2.45, 2.75) is 110 Å². The molecule has 3 atom stereocenters. The van der Waals surface area contributed by atoms with Crippen LogP contribution in [0.4, 0.5) is 0 Å². The van der Waals surface area contributed by atoms with E-state index in [2.05, 4.69) is 19.1 Å². The molecule has 0 aromatic heterocycles. The lowest BCUT2D eigenvalue weighted by molar-refractivity contribution is -0.969. The average Bonchev–Trinajstić information content (AvgIpc) is 2.70. The topological polar surface area (TPSA) is 115 Å². The molecule has 0 heterocycles. The van der Waals surface area contributed by atoms with Crippen LogP contribution in [0.15, 0.2) is 12.2 Å². The molecule has 0 aliphatic heterocycles. The minimum Gasteiger partial charge on any atom is -0.544 e. The van der Waals surface area contributed by atoms with Gasteiger partial charge in [-0.3, -0.25) is 4.48 Å². The van der Waals surface area contributed by atoms with E-state index >= 15 is 0 Å². The zero-order valence-corrected chi connectivity index (χ0v) is 19.1. The van der Waals surface area contributed by atoms with Gasteiger partial charge in [0.1, 0.15) is 6.04 Å². The molecule has 7 heteroatoms. The first-order valence-electron chi connectivity index (χ1n) is 11.3. The Kier molecular flexibility index (Phi) is 14.0. The number of hydrogen-bond acceptors (Lipinski definition) is 4. The Balaban J connectivity index is 4.79. The zero-order valence-electron chi connectivity index (χ0n) is 19.1. The van der Waals surface area contributed by atoms with Gasteiger partial charge in [0.25, 0.3) is 0 Å². The Morgan fingerprint density at radius 3 is 1.60 bits per heavy atom. The fraction of sp³-hybridized carbons (Fsp3) is 0.783. The van der Waals surface area contributed by atoms with Gasteiger partial charge in [0.05, 0.1) is 12.5 Å². The molecule has 7 nitrogen and oxygen atoms in total. The van der Waals surface area contributed by atoms with Gasteiger partial charge in [-0.2, -0.15) is 0 Å². The summed E-state index contributed by atoms with van der Waals surface area (Å²) in [6.07, 6.45) is 14.9. The summed E-state index contributed by atoms with van der Waals surface area (Å²) in [5, 5.41) is 30.7. The lowest BCUT2D eigenvalue weighted by atomic mass is 10.00. The fourth-order valence-corrected chi connectivity index (χ4v) is 4.12.